The SMILES string of the molecule is C[C@H](CO)[C@H]1CC[C@H]2[C@@H]3[C@H](OCCCN)C[C@@H]4CC(OCCCN)CC[C@]4(C)[C@H]3C[C@H](OCCCN)[C@]12C. The topological polar surface area (TPSA) is 126 Å². The van der Waals surface area contributed by atoms with Crippen molar-refractivity contribution >= 4 is 0 Å². The second kappa shape index (κ2) is 13.6. The van der Waals surface area contributed by atoms with E-state index in [2.05, 4.69) is 20.8 Å². The number of nitrogens with two attached hydrogens (primary N) is 3. The fraction of sp³-hybridized carbons (Fsp3) is 1.00. The van der Waals surface area contributed by atoms with Gasteiger partial charge in [-0.25, -0.2) is 0 Å². The summed E-state index contributed by atoms with van der Waals surface area (Å²) in [5.41, 5.74) is 17.8. The lowest BCUT2D eigenvalue weighted by Gasteiger charge is -2.64. The maximum atomic E-state index is 10.2. The minimum atomic E-state index is 0.0547. The molecule has 11 atom stereocenters. The fourth-order valence-electron chi connectivity index (χ4n) is 9.72. The summed E-state index contributed by atoms with van der Waals surface area (Å²) >= 11 is 0. The first kappa shape index (κ1) is 30.7. The van der Waals surface area contributed by atoms with E-state index >= 15 is 0 Å². The molecule has 0 saturated heterocycles. The first-order valence-corrected chi connectivity index (χ1v) is 15.9. The predicted octanol–water partition coefficient (Wildman–Crippen LogP) is 3.70. The molecule has 0 bridgehead atoms. The summed E-state index contributed by atoms with van der Waals surface area (Å²) in [6, 6.07) is 0. The molecule has 4 aliphatic carbocycles. The van der Waals surface area contributed by atoms with Crippen molar-refractivity contribution in [1.29, 1.82) is 0 Å². The van der Waals surface area contributed by atoms with E-state index in [0.29, 0.717) is 55.3 Å². The van der Waals surface area contributed by atoms with Crippen LogP contribution >= 0.6 is 0 Å². The van der Waals surface area contributed by atoms with Crippen molar-refractivity contribution in [1.82, 2.24) is 0 Å². The minimum Gasteiger partial charge on any atom is -0.396 e. The first-order chi connectivity index (χ1) is 18.3. The van der Waals surface area contributed by atoms with Crippen molar-refractivity contribution in [3.8, 4) is 0 Å². The summed E-state index contributed by atoms with van der Waals surface area (Å²) in [7, 11) is 0. The minimum absolute atomic E-state index is 0.0547. The lowest BCUT2D eigenvalue weighted by molar-refractivity contribution is -0.228. The molecule has 0 aromatic rings. The van der Waals surface area contributed by atoms with Crippen LogP contribution in [-0.2, 0) is 14.2 Å². The molecular formula is C31H59N3O4. The zero-order valence-corrected chi connectivity index (χ0v) is 24.6. The molecule has 7 heteroatoms. The standard InChI is InChI=1S/C31H59N3O4/c1-21(20-35)24-7-8-25-29-26(19-28(31(24,25)3)38-16-6-13-34)30(2)10-9-23(36-14-4-11-32)17-22(30)18-27(29)37-15-5-12-33/h21-29,35H,4-20,32-34H2,1-3H3/t21-,22+,23?,24-,25+,26+,27-,28+,29+,30+,31-/m1/s1. The molecule has 1 unspecified atom stereocenters. The Labute approximate surface area is 232 Å². The average Bonchev–Trinajstić information content (AvgIpc) is 3.27. The molecule has 4 saturated carbocycles. The molecule has 7 nitrogen and oxygen atoms in total. The molecule has 0 amide bonds. The van der Waals surface area contributed by atoms with E-state index in [4.69, 9.17) is 31.4 Å². The summed E-state index contributed by atoms with van der Waals surface area (Å²) < 4.78 is 19.9. The number of rotatable bonds is 14. The highest BCUT2D eigenvalue weighted by molar-refractivity contribution is 5.15. The second-order valence-electron chi connectivity index (χ2n) is 13.6. The Balaban J connectivity index is 1.64. The molecule has 0 aliphatic heterocycles. The van der Waals surface area contributed by atoms with Gasteiger partial charge in [0.15, 0.2) is 0 Å². The molecule has 0 aromatic carbocycles. The van der Waals surface area contributed by atoms with Gasteiger partial charge in [0, 0.05) is 31.8 Å². The van der Waals surface area contributed by atoms with E-state index in [-0.39, 0.29) is 35.6 Å². The number of ether oxygens (including phenoxy) is 3. The van der Waals surface area contributed by atoms with E-state index in [0.717, 1.165) is 64.8 Å². The third-order valence-corrected chi connectivity index (χ3v) is 11.8. The summed E-state index contributed by atoms with van der Waals surface area (Å²) in [5.74, 6) is 3.04. The highest BCUT2D eigenvalue weighted by Crippen LogP contribution is 2.69. The van der Waals surface area contributed by atoms with Gasteiger partial charge in [0.1, 0.15) is 0 Å². The van der Waals surface area contributed by atoms with E-state index in [1.54, 1.807) is 0 Å². The van der Waals surface area contributed by atoms with E-state index in [9.17, 15) is 5.11 Å². The van der Waals surface area contributed by atoms with Crippen LogP contribution in [0.2, 0.25) is 0 Å². The van der Waals surface area contributed by atoms with Crippen LogP contribution < -0.4 is 17.2 Å². The van der Waals surface area contributed by atoms with Crippen LogP contribution in [0.4, 0.5) is 0 Å². The maximum absolute atomic E-state index is 10.2. The van der Waals surface area contributed by atoms with Crippen LogP contribution in [0, 0.1) is 46.3 Å². The maximum Gasteiger partial charge on any atom is 0.0637 e. The van der Waals surface area contributed by atoms with Gasteiger partial charge < -0.3 is 36.5 Å². The Hall–Kier alpha value is -0.280. The molecule has 222 valence electrons. The molecule has 7 N–H and O–H groups in total. The van der Waals surface area contributed by atoms with Crippen LogP contribution in [0.5, 0.6) is 0 Å². The molecule has 0 radical (unpaired) electrons. The van der Waals surface area contributed by atoms with Gasteiger partial charge in [0.2, 0.25) is 0 Å². The van der Waals surface area contributed by atoms with Gasteiger partial charge in [-0.2, -0.15) is 0 Å². The molecule has 0 aromatic heterocycles. The van der Waals surface area contributed by atoms with E-state index in [1.807, 2.05) is 0 Å². The normalized spacial score (nSPS) is 43.3. The Morgan fingerprint density at radius 3 is 2.13 bits per heavy atom. The molecular weight excluding hydrogens is 478 g/mol. The number of aliphatic hydroxyl groups excluding tert-OH is 1. The zero-order valence-electron chi connectivity index (χ0n) is 24.6. The largest absolute Gasteiger partial charge is 0.396 e. The number of fused-ring (bicyclic) bond motifs is 5. The Kier molecular flexibility index (Phi) is 11.0. The second-order valence-corrected chi connectivity index (χ2v) is 13.6. The average molecular weight is 538 g/mol. The number of hydrogen-bond donors (Lipinski definition) is 4. The lowest BCUT2D eigenvalue weighted by atomic mass is 9.43. The van der Waals surface area contributed by atoms with Crippen LogP contribution in [0.15, 0.2) is 0 Å². The third kappa shape index (κ3) is 5.86. The predicted molar refractivity (Wildman–Crippen MR) is 152 cm³/mol. The van der Waals surface area contributed by atoms with Crippen molar-refractivity contribution in [2.75, 3.05) is 46.1 Å². The molecule has 4 fully saturated rings. The Bertz CT molecular complexity index is 727. The summed E-state index contributed by atoms with van der Waals surface area (Å²) in [6.07, 6.45) is 11.7. The molecule has 38 heavy (non-hydrogen) atoms. The van der Waals surface area contributed by atoms with Crippen LogP contribution in [0.3, 0.4) is 0 Å². The smallest absolute Gasteiger partial charge is 0.0637 e. The lowest BCUT2D eigenvalue weighted by Crippen LogP contribution is -2.63. The summed E-state index contributed by atoms with van der Waals surface area (Å²) in [6.45, 7) is 11.9. The highest BCUT2D eigenvalue weighted by atomic mass is 16.5. The van der Waals surface area contributed by atoms with Crippen LogP contribution in [0.1, 0.15) is 85.0 Å². The fourth-order valence-corrected chi connectivity index (χ4v) is 9.72. The quantitative estimate of drug-likeness (QED) is 0.249. The monoisotopic (exact) mass is 537 g/mol. The van der Waals surface area contributed by atoms with Crippen LogP contribution in [-0.4, -0.2) is 69.5 Å². The van der Waals surface area contributed by atoms with Crippen molar-refractivity contribution in [3.05, 3.63) is 0 Å². The number of hydrogen-bond acceptors (Lipinski definition) is 7. The molecule has 0 spiro atoms. The van der Waals surface area contributed by atoms with Gasteiger partial charge in [-0.3, -0.25) is 0 Å². The summed E-state index contributed by atoms with van der Waals surface area (Å²) in [5, 5.41) is 10.2. The van der Waals surface area contributed by atoms with Gasteiger partial charge in [0.25, 0.3) is 0 Å². The van der Waals surface area contributed by atoms with Gasteiger partial charge >= 0.3 is 0 Å². The molecule has 0 heterocycles. The van der Waals surface area contributed by atoms with Gasteiger partial charge in [-0.15, -0.1) is 0 Å². The van der Waals surface area contributed by atoms with Crippen molar-refractivity contribution < 1.29 is 19.3 Å². The molecule has 4 rings (SSSR count). The van der Waals surface area contributed by atoms with Gasteiger partial charge in [-0.05, 0) is 125 Å². The first-order valence-electron chi connectivity index (χ1n) is 15.9. The van der Waals surface area contributed by atoms with Crippen LogP contribution in [0.25, 0.3) is 0 Å². The van der Waals surface area contributed by atoms with Gasteiger partial charge in [0.05, 0.1) is 18.3 Å². The summed E-state index contributed by atoms with van der Waals surface area (Å²) in [4.78, 5) is 0. The Morgan fingerprint density at radius 1 is 0.816 bits per heavy atom. The highest BCUT2D eigenvalue weighted by Gasteiger charge is 2.66. The third-order valence-electron chi connectivity index (χ3n) is 11.8. The van der Waals surface area contributed by atoms with E-state index in [1.165, 1.54) is 19.3 Å². The zero-order chi connectivity index (χ0) is 27.3. The van der Waals surface area contributed by atoms with Crippen molar-refractivity contribution in [2.24, 2.45) is 63.5 Å². The van der Waals surface area contributed by atoms with Crippen molar-refractivity contribution in [2.45, 2.75) is 103 Å². The Morgan fingerprint density at radius 2 is 1.47 bits per heavy atom. The van der Waals surface area contributed by atoms with Gasteiger partial charge in [-0.1, -0.05) is 20.8 Å². The van der Waals surface area contributed by atoms with Crippen molar-refractivity contribution in [3.63, 3.8) is 0 Å². The van der Waals surface area contributed by atoms with E-state index < -0.39 is 0 Å². The molecule has 4 aliphatic rings. The number of aliphatic hydroxyl groups is 1.